The van der Waals surface area contributed by atoms with Crippen molar-refractivity contribution in [3.63, 3.8) is 0 Å². The normalized spacial score (nSPS) is 13.3. The monoisotopic (exact) mass is 240 g/mol. The summed E-state index contributed by atoms with van der Waals surface area (Å²) in [6, 6.07) is 0.177. The van der Waals surface area contributed by atoms with Crippen LogP contribution in [0.15, 0.2) is 24.5 Å². The van der Waals surface area contributed by atoms with Crippen LogP contribution in [0, 0.1) is 0 Å². The molecule has 1 amide bonds. The van der Waals surface area contributed by atoms with Gasteiger partial charge in [-0.1, -0.05) is 13.5 Å². The minimum absolute atomic E-state index is 0.177. The van der Waals surface area contributed by atoms with Crippen LogP contribution >= 0.6 is 0 Å². The molecule has 0 radical (unpaired) electrons. The minimum atomic E-state index is -0.610. The molecule has 0 aromatic carbocycles. The molecule has 1 atom stereocenters. The number of amides is 1. The van der Waals surface area contributed by atoms with Gasteiger partial charge in [-0.25, -0.2) is 4.79 Å². The van der Waals surface area contributed by atoms with Crippen LogP contribution in [0.2, 0.25) is 0 Å². The van der Waals surface area contributed by atoms with Crippen LogP contribution in [-0.4, -0.2) is 36.9 Å². The van der Waals surface area contributed by atoms with E-state index in [1.165, 1.54) is 0 Å². The van der Waals surface area contributed by atoms with Crippen LogP contribution in [-0.2, 0) is 14.3 Å². The molecule has 0 saturated carbocycles. The molecule has 5 nitrogen and oxygen atoms in total. The Morgan fingerprint density at radius 1 is 1.47 bits per heavy atom. The summed E-state index contributed by atoms with van der Waals surface area (Å²) < 4.78 is 4.70. The molecule has 0 aromatic rings. The second kappa shape index (κ2) is 7.62. The average molecular weight is 240 g/mol. The number of primary amides is 1. The van der Waals surface area contributed by atoms with Crippen molar-refractivity contribution in [1.82, 2.24) is 4.90 Å². The Labute approximate surface area is 102 Å². The number of nitrogens with zero attached hydrogens (tertiary/aromatic N) is 1. The van der Waals surface area contributed by atoms with Gasteiger partial charge >= 0.3 is 5.97 Å². The lowest BCUT2D eigenvalue weighted by atomic mass is 10.0. The Hall–Kier alpha value is -1.62. The summed E-state index contributed by atoms with van der Waals surface area (Å²) in [6.45, 7) is 5.27. The number of carbonyl (C=O) groups excluding carboxylic acids is 2. The summed E-state index contributed by atoms with van der Waals surface area (Å²) in [5.41, 5.74) is 5.52. The fraction of sp³-hybridized carbons (Fsp3) is 0.500. The maximum atomic E-state index is 11.2. The molecule has 0 aliphatic carbocycles. The zero-order valence-corrected chi connectivity index (χ0v) is 10.6. The average Bonchev–Trinajstić information content (AvgIpc) is 2.27. The standard InChI is InChI=1S/C12H20N2O3/c1-5-10(14(3)4)7-9(12(13)16)8-17-11(15)6-2/h6,8,10H,2,5,7H2,1,3-4H3,(H2,13,16)/b9-8+. The topological polar surface area (TPSA) is 72.6 Å². The van der Waals surface area contributed by atoms with Gasteiger partial charge in [0.15, 0.2) is 0 Å². The number of hydrogen-bond acceptors (Lipinski definition) is 4. The molecular weight excluding hydrogens is 220 g/mol. The third-order valence-electron chi connectivity index (χ3n) is 2.46. The van der Waals surface area contributed by atoms with Crippen molar-refractivity contribution in [2.24, 2.45) is 5.73 Å². The van der Waals surface area contributed by atoms with E-state index >= 15 is 0 Å². The first-order valence-electron chi connectivity index (χ1n) is 5.40. The van der Waals surface area contributed by atoms with Gasteiger partial charge in [-0.15, -0.1) is 0 Å². The zero-order chi connectivity index (χ0) is 13.4. The van der Waals surface area contributed by atoms with E-state index in [1.54, 1.807) is 0 Å². The number of esters is 1. The fourth-order valence-electron chi connectivity index (χ4n) is 1.33. The maximum Gasteiger partial charge on any atom is 0.334 e. The summed E-state index contributed by atoms with van der Waals surface area (Å²) in [4.78, 5) is 24.1. The Bertz CT molecular complexity index is 322. The van der Waals surface area contributed by atoms with Gasteiger partial charge in [-0.05, 0) is 26.9 Å². The van der Waals surface area contributed by atoms with Crippen molar-refractivity contribution in [3.05, 3.63) is 24.5 Å². The minimum Gasteiger partial charge on any atom is -0.431 e. The van der Waals surface area contributed by atoms with E-state index < -0.39 is 11.9 Å². The second-order valence-corrected chi connectivity index (χ2v) is 3.88. The lowest BCUT2D eigenvalue weighted by Crippen LogP contribution is -2.30. The van der Waals surface area contributed by atoms with Crippen molar-refractivity contribution >= 4 is 11.9 Å². The van der Waals surface area contributed by atoms with E-state index in [9.17, 15) is 9.59 Å². The molecule has 0 fully saturated rings. The first-order chi connectivity index (χ1) is 7.92. The third kappa shape index (κ3) is 5.87. The molecule has 2 N–H and O–H groups in total. The van der Waals surface area contributed by atoms with Crippen molar-refractivity contribution in [2.45, 2.75) is 25.8 Å². The summed E-state index contributed by atoms with van der Waals surface area (Å²) in [7, 11) is 3.84. The van der Waals surface area contributed by atoms with Crippen LogP contribution in [0.3, 0.4) is 0 Å². The second-order valence-electron chi connectivity index (χ2n) is 3.88. The lowest BCUT2D eigenvalue weighted by molar-refractivity contribution is -0.132. The predicted molar refractivity (Wildman–Crippen MR) is 65.9 cm³/mol. The van der Waals surface area contributed by atoms with Crippen molar-refractivity contribution in [1.29, 1.82) is 0 Å². The molecule has 0 heterocycles. The van der Waals surface area contributed by atoms with Gasteiger partial charge in [-0.3, -0.25) is 4.79 Å². The Kier molecular flexibility index (Phi) is 6.89. The zero-order valence-electron chi connectivity index (χ0n) is 10.6. The highest BCUT2D eigenvalue weighted by atomic mass is 16.5. The molecule has 0 bridgehead atoms. The first kappa shape index (κ1) is 15.4. The molecule has 0 aromatic heterocycles. The fourth-order valence-corrected chi connectivity index (χ4v) is 1.33. The van der Waals surface area contributed by atoms with Crippen LogP contribution in [0.25, 0.3) is 0 Å². The molecule has 0 aliphatic heterocycles. The summed E-state index contributed by atoms with van der Waals surface area (Å²) in [5, 5.41) is 0. The van der Waals surface area contributed by atoms with Gasteiger partial charge < -0.3 is 15.4 Å². The first-order valence-corrected chi connectivity index (χ1v) is 5.40. The molecule has 5 heteroatoms. The SMILES string of the molecule is C=CC(=O)O/C=C(\CC(CC)N(C)C)C(N)=O. The summed E-state index contributed by atoms with van der Waals surface area (Å²) in [6.07, 6.45) is 3.45. The molecule has 17 heavy (non-hydrogen) atoms. The Morgan fingerprint density at radius 2 is 2.06 bits per heavy atom. The maximum absolute atomic E-state index is 11.2. The van der Waals surface area contributed by atoms with Gasteiger partial charge in [0.25, 0.3) is 0 Å². The third-order valence-corrected chi connectivity index (χ3v) is 2.46. The van der Waals surface area contributed by atoms with Crippen LogP contribution < -0.4 is 5.73 Å². The number of hydrogen-bond donors (Lipinski definition) is 1. The van der Waals surface area contributed by atoms with Gasteiger partial charge in [0, 0.05) is 12.1 Å². The quantitative estimate of drug-likeness (QED) is 0.406. The van der Waals surface area contributed by atoms with E-state index in [0.29, 0.717) is 12.0 Å². The summed E-state index contributed by atoms with van der Waals surface area (Å²) in [5.74, 6) is -1.19. The summed E-state index contributed by atoms with van der Waals surface area (Å²) >= 11 is 0. The van der Waals surface area contributed by atoms with Gasteiger partial charge in [-0.2, -0.15) is 0 Å². The largest absolute Gasteiger partial charge is 0.431 e. The molecule has 0 rings (SSSR count). The van der Waals surface area contributed by atoms with Gasteiger partial charge in [0.1, 0.15) is 6.26 Å². The van der Waals surface area contributed by atoms with Gasteiger partial charge in [0.05, 0.1) is 5.57 Å². The van der Waals surface area contributed by atoms with Crippen LogP contribution in [0.4, 0.5) is 0 Å². The van der Waals surface area contributed by atoms with E-state index in [-0.39, 0.29) is 6.04 Å². The highest BCUT2D eigenvalue weighted by Gasteiger charge is 2.15. The molecule has 0 saturated heterocycles. The molecule has 0 aliphatic rings. The molecule has 0 spiro atoms. The van der Waals surface area contributed by atoms with Crippen molar-refractivity contribution < 1.29 is 14.3 Å². The molecule has 1 unspecified atom stereocenters. The van der Waals surface area contributed by atoms with Crippen molar-refractivity contribution in [3.8, 4) is 0 Å². The number of ether oxygens (including phenoxy) is 1. The van der Waals surface area contributed by atoms with E-state index in [0.717, 1.165) is 18.8 Å². The molecular formula is C12H20N2O3. The number of rotatable bonds is 7. The highest BCUT2D eigenvalue weighted by Crippen LogP contribution is 2.12. The molecule has 96 valence electrons. The van der Waals surface area contributed by atoms with Crippen molar-refractivity contribution in [2.75, 3.05) is 14.1 Å². The van der Waals surface area contributed by atoms with Crippen LogP contribution in [0.1, 0.15) is 19.8 Å². The van der Waals surface area contributed by atoms with Gasteiger partial charge in [0.2, 0.25) is 5.91 Å². The van der Waals surface area contributed by atoms with E-state index in [2.05, 4.69) is 6.58 Å². The predicted octanol–water partition coefficient (Wildman–Crippen LogP) is 0.815. The Morgan fingerprint density at radius 3 is 2.41 bits per heavy atom. The lowest BCUT2D eigenvalue weighted by Gasteiger charge is -2.22. The number of carbonyl (C=O) groups is 2. The van der Waals surface area contributed by atoms with E-state index in [4.69, 9.17) is 10.5 Å². The highest BCUT2D eigenvalue weighted by molar-refractivity contribution is 5.92. The van der Waals surface area contributed by atoms with E-state index in [1.807, 2.05) is 25.9 Å². The Balaban J connectivity index is 4.68. The number of nitrogens with two attached hydrogens (primary N) is 1. The van der Waals surface area contributed by atoms with Crippen LogP contribution in [0.5, 0.6) is 0 Å². The smallest absolute Gasteiger partial charge is 0.334 e.